The topological polar surface area (TPSA) is 58.4 Å². The van der Waals surface area contributed by atoms with E-state index in [1.165, 1.54) is 0 Å². The van der Waals surface area contributed by atoms with Gasteiger partial charge in [0, 0.05) is 14.1 Å². The van der Waals surface area contributed by atoms with Crippen LogP contribution in [0.1, 0.15) is 6.92 Å². The molecule has 17 heavy (non-hydrogen) atoms. The fourth-order valence-corrected chi connectivity index (χ4v) is 1.22. The average molecular weight is 280 g/mol. The van der Waals surface area contributed by atoms with Gasteiger partial charge in [0.05, 0.1) is 17.4 Å². The minimum atomic E-state index is -0.500. The molecule has 1 amide bonds. The summed E-state index contributed by atoms with van der Waals surface area (Å²) in [6.07, 6.45) is 0. The zero-order chi connectivity index (χ0) is 11.4. The summed E-state index contributed by atoms with van der Waals surface area (Å²) in [7, 11) is 3.85. The number of nitrogens with one attached hydrogen (secondary N) is 1. The molecule has 0 aliphatic rings. The molecule has 1 atom stereocenters. The number of carbonyl (C=O) groups is 1. The molecular formula is C11H19Cl2N3O. The van der Waals surface area contributed by atoms with Crippen molar-refractivity contribution >= 4 is 42.1 Å². The van der Waals surface area contributed by atoms with Crippen LogP contribution in [0.15, 0.2) is 24.3 Å². The summed E-state index contributed by atoms with van der Waals surface area (Å²) in [5, 5.41) is 2.79. The first-order valence-electron chi connectivity index (χ1n) is 4.85. The van der Waals surface area contributed by atoms with E-state index in [0.29, 0.717) is 0 Å². The summed E-state index contributed by atoms with van der Waals surface area (Å²) < 4.78 is 0. The van der Waals surface area contributed by atoms with Gasteiger partial charge >= 0.3 is 0 Å². The Morgan fingerprint density at radius 3 is 2.29 bits per heavy atom. The van der Waals surface area contributed by atoms with Gasteiger partial charge in [0.1, 0.15) is 0 Å². The lowest BCUT2D eigenvalue weighted by atomic mass is 10.2. The Morgan fingerprint density at radius 1 is 1.29 bits per heavy atom. The number of nitrogens with zero attached hydrogens (tertiary/aromatic N) is 1. The van der Waals surface area contributed by atoms with Crippen LogP contribution in [0.25, 0.3) is 0 Å². The number of halogens is 2. The second-order valence-electron chi connectivity index (χ2n) is 3.69. The van der Waals surface area contributed by atoms with Crippen LogP contribution in [-0.2, 0) is 4.79 Å². The number of nitrogens with two attached hydrogens (primary N) is 1. The van der Waals surface area contributed by atoms with E-state index in [2.05, 4.69) is 5.32 Å². The lowest BCUT2D eigenvalue weighted by molar-refractivity contribution is -0.117. The Labute approximate surface area is 114 Å². The number of hydrogen-bond donors (Lipinski definition) is 2. The molecule has 0 fully saturated rings. The molecule has 0 bridgehead atoms. The maximum Gasteiger partial charge on any atom is 0.241 e. The highest BCUT2D eigenvalue weighted by Crippen LogP contribution is 2.23. The summed E-state index contributed by atoms with van der Waals surface area (Å²) in [6, 6.07) is 7.10. The van der Waals surface area contributed by atoms with Crippen molar-refractivity contribution in [1.29, 1.82) is 0 Å². The van der Waals surface area contributed by atoms with Gasteiger partial charge in [0.15, 0.2) is 0 Å². The minimum Gasteiger partial charge on any atom is -0.376 e. The number of para-hydroxylation sites is 2. The number of carbonyl (C=O) groups excluding carboxylic acids is 1. The van der Waals surface area contributed by atoms with Crippen LogP contribution in [0, 0.1) is 0 Å². The normalized spacial score (nSPS) is 10.6. The van der Waals surface area contributed by atoms with Crippen LogP contribution in [-0.4, -0.2) is 26.0 Å². The zero-order valence-electron chi connectivity index (χ0n) is 10.1. The molecule has 0 spiro atoms. The lowest BCUT2D eigenvalue weighted by Crippen LogP contribution is -2.32. The molecule has 1 rings (SSSR count). The minimum absolute atomic E-state index is 0. The summed E-state index contributed by atoms with van der Waals surface area (Å²) in [5.41, 5.74) is 7.23. The summed E-state index contributed by atoms with van der Waals surface area (Å²) in [4.78, 5) is 13.4. The Bertz CT molecular complexity index is 356. The van der Waals surface area contributed by atoms with Gasteiger partial charge in [-0.05, 0) is 19.1 Å². The van der Waals surface area contributed by atoms with Crippen LogP contribution in [0.4, 0.5) is 11.4 Å². The molecule has 0 saturated heterocycles. The first-order chi connectivity index (χ1) is 7.02. The van der Waals surface area contributed by atoms with Gasteiger partial charge in [-0.2, -0.15) is 0 Å². The molecule has 3 N–H and O–H groups in total. The molecule has 0 aliphatic carbocycles. The first-order valence-corrected chi connectivity index (χ1v) is 4.85. The van der Waals surface area contributed by atoms with Crippen molar-refractivity contribution in [1.82, 2.24) is 0 Å². The predicted octanol–water partition coefficient (Wildman–Crippen LogP) is 1.88. The number of amides is 1. The molecule has 6 heteroatoms. The number of benzene rings is 1. The third-order valence-electron chi connectivity index (χ3n) is 2.06. The predicted molar refractivity (Wildman–Crippen MR) is 77.5 cm³/mol. The second-order valence-corrected chi connectivity index (χ2v) is 3.69. The van der Waals surface area contributed by atoms with Gasteiger partial charge in [0.2, 0.25) is 5.91 Å². The van der Waals surface area contributed by atoms with Crippen LogP contribution in [0.5, 0.6) is 0 Å². The molecule has 0 aliphatic heterocycles. The van der Waals surface area contributed by atoms with Gasteiger partial charge < -0.3 is 16.0 Å². The maximum atomic E-state index is 11.4. The second kappa shape index (κ2) is 8.17. The third-order valence-corrected chi connectivity index (χ3v) is 2.06. The fourth-order valence-electron chi connectivity index (χ4n) is 1.22. The van der Waals surface area contributed by atoms with Crippen molar-refractivity contribution in [2.45, 2.75) is 13.0 Å². The monoisotopic (exact) mass is 279 g/mol. The van der Waals surface area contributed by atoms with E-state index in [4.69, 9.17) is 5.73 Å². The molecule has 1 aromatic carbocycles. The van der Waals surface area contributed by atoms with Gasteiger partial charge in [0.25, 0.3) is 0 Å². The largest absolute Gasteiger partial charge is 0.376 e. The Balaban J connectivity index is 0. The van der Waals surface area contributed by atoms with Gasteiger partial charge in [-0.25, -0.2) is 0 Å². The van der Waals surface area contributed by atoms with Crippen molar-refractivity contribution in [2.24, 2.45) is 5.73 Å². The third kappa shape index (κ3) is 5.26. The van der Waals surface area contributed by atoms with Crippen molar-refractivity contribution in [3.05, 3.63) is 24.3 Å². The standard InChI is InChI=1S/C11H17N3O.2ClH/c1-8(12)11(15)13-9-6-4-5-7-10(9)14(2)3;;/h4-8H,12H2,1-3H3,(H,13,15);2*1H/t8-;;/m1../s1. The van der Waals surface area contributed by atoms with Crippen molar-refractivity contribution in [2.75, 3.05) is 24.3 Å². The van der Waals surface area contributed by atoms with E-state index in [1.54, 1.807) is 6.92 Å². The molecule has 1 aromatic rings. The van der Waals surface area contributed by atoms with E-state index in [-0.39, 0.29) is 30.7 Å². The van der Waals surface area contributed by atoms with Crippen LogP contribution in [0.3, 0.4) is 0 Å². The molecule has 0 aromatic heterocycles. The quantitative estimate of drug-likeness (QED) is 0.888. The van der Waals surface area contributed by atoms with Crippen molar-refractivity contribution in [3.8, 4) is 0 Å². The summed E-state index contributed by atoms with van der Waals surface area (Å²) in [6.45, 7) is 1.66. The molecule has 4 nitrogen and oxygen atoms in total. The molecule has 0 radical (unpaired) electrons. The van der Waals surface area contributed by atoms with Gasteiger partial charge in [-0.15, -0.1) is 24.8 Å². The smallest absolute Gasteiger partial charge is 0.241 e. The molecular weight excluding hydrogens is 261 g/mol. The fraction of sp³-hybridized carbons (Fsp3) is 0.364. The van der Waals surface area contributed by atoms with E-state index >= 15 is 0 Å². The van der Waals surface area contributed by atoms with Crippen molar-refractivity contribution in [3.63, 3.8) is 0 Å². The maximum absolute atomic E-state index is 11.4. The van der Waals surface area contributed by atoms with Crippen molar-refractivity contribution < 1.29 is 4.79 Å². The van der Waals surface area contributed by atoms with Crippen LogP contribution >= 0.6 is 24.8 Å². The number of rotatable bonds is 3. The van der Waals surface area contributed by atoms with E-state index < -0.39 is 6.04 Å². The highest BCUT2D eigenvalue weighted by Gasteiger charge is 2.10. The molecule has 98 valence electrons. The van der Waals surface area contributed by atoms with E-state index in [0.717, 1.165) is 11.4 Å². The van der Waals surface area contributed by atoms with Crippen LogP contribution < -0.4 is 16.0 Å². The highest BCUT2D eigenvalue weighted by atomic mass is 35.5. The Kier molecular flexibility index (Phi) is 8.84. The first kappa shape index (κ1) is 18.4. The van der Waals surface area contributed by atoms with Crippen LogP contribution in [0.2, 0.25) is 0 Å². The Hall–Kier alpha value is -0.970. The van der Waals surface area contributed by atoms with Gasteiger partial charge in [-0.3, -0.25) is 4.79 Å². The zero-order valence-corrected chi connectivity index (χ0v) is 11.8. The van der Waals surface area contributed by atoms with E-state index in [1.807, 2.05) is 43.3 Å². The summed E-state index contributed by atoms with van der Waals surface area (Å²) >= 11 is 0. The average Bonchev–Trinajstić information content (AvgIpc) is 2.18. The van der Waals surface area contributed by atoms with E-state index in [9.17, 15) is 4.79 Å². The highest BCUT2D eigenvalue weighted by molar-refractivity contribution is 5.97. The SMILES string of the molecule is C[C@@H](N)C(=O)Nc1ccccc1N(C)C.Cl.Cl. The van der Waals surface area contributed by atoms with Gasteiger partial charge in [-0.1, -0.05) is 12.1 Å². The lowest BCUT2D eigenvalue weighted by Gasteiger charge is -2.18. The molecule has 0 heterocycles. The number of hydrogen-bond acceptors (Lipinski definition) is 3. The number of anilines is 2. The Morgan fingerprint density at radius 2 is 1.82 bits per heavy atom. The summed E-state index contributed by atoms with van der Waals surface area (Å²) in [5.74, 6) is -0.177. The molecule has 0 unspecified atom stereocenters. The molecule has 0 saturated carbocycles.